The van der Waals surface area contributed by atoms with Crippen LogP contribution in [0.25, 0.3) is 0 Å². The van der Waals surface area contributed by atoms with E-state index in [1.54, 1.807) is 13.1 Å². The van der Waals surface area contributed by atoms with Gasteiger partial charge < -0.3 is 15.5 Å². The Kier molecular flexibility index (Phi) is 5.76. The van der Waals surface area contributed by atoms with Crippen molar-refractivity contribution in [1.29, 1.82) is 0 Å². The minimum absolute atomic E-state index is 0.252. The van der Waals surface area contributed by atoms with Crippen LogP contribution in [0, 0.1) is 5.82 Å². The molecule has 0 heterocycles. The maximum Gasteiger partial charge on any atom is 0.128 e. The number of rotatable bonds is 6. The van der Waals surface area contributed by atoms with Crippen molar-refractivity contribution >= 4 is 11.8 Å². The maximum absolute atomic E-state index is 13.5. The lowest BCUT2D eigenvalue weighted by Crippen LogP contribution is -2.15. The first kappa shape index (κ1) is 13.4. The number of aliphatic hydroxyl groups is 2. The van der Waals surface area contributed by atoms with Crippen molar-refractivity contribution in [2.45, 2.75) is 17.5 Å². The van der Waals surface area contributed by atoms with Crippen LogP contribution in [0.4, 0.5) is 4.39 Å². The Bertz CT molecular complexity index is 336. The highest BCUT2D eigenvalue weighted by atomic mass is 32.2. The van der Waals surface area contributed by atoms with Gasteiger partial charge in [-0.1, -0.05) is 6.07 Å². The lowest BCUT2D eigenvalue weighted by Gasteiger charge is -2.11. The normalized spacial score (nSPS) is 12.8. The molecule has 1 unspecified atom stereocenters. The standard InChI is InChI=1S/C11H16FNO2S/c1-13-5-9-10(12)3-2-4-11(9)16-7-8(15)6-14/h2-4,8,13-15H,5-7H2,1H3. The van der Waals surface area contributed by atoms with Crippen LogP contribution >= 0.6 is 11.8 Å². The van der Waals surface area contributed by atoms with Crippen molar-refractivity contribution in [3.05, 3.63) is 29.6 Å². The smallest absolute Gasteiger partial charge is 0.128 e. The van der Waals surface area contributed by atoms with E-state index in [0.29, 0.717) is 17.9 Å². The summed E-state index contributed by atoms with van der Waals surface area (Å²) in [5.41, 5.74) is 0.597. The van der Waals surface area contributed by atoms with Gasteiger partial charge in [0.25, 0.3) is 0 Å². The summed E-state index contributed by atoms with van der Waals surface area (Å²) in [6.45, 7) is 0.175. The van der Waals surface area contributed by atoms with Gasteiger partial charge >= 0.3 is 0 Å². The van der Waals surface area contributed by atoms with Crippen molar-refractivity contribution in [1.82, 2.24) is 5.32 Å². The molecule has 1 aromatic carbocycles. The number of thioether (sulfide) groups is 1. The Labute approximate surface area is 98.7 Å². The van der Waals surface area contributed by atoms with Crippen LogP contribution in [-0.2, 0) is 6.54 Å². The van der Waals surface area contributed by atoms with E-state index in [9.17, 15) is 9.50 Å². The van der Waals surface area contributed by atoms with E-state index in [1.807, 2.05) is 6.07 Å². The van der Waals surface area contributed by atoms with Crippen molar-refractivity contribution in [2.24, 2.45) is 0 Å². The monoisotopic (exact) mass is 245 g/mol. The van der Waals surface area contributed by atoms with Gasteiger partial charge in [0, 0.05) is 22.8 Å². The van der Waals surface area contributed by atoms with Gasteiger partial charge in [0.15, 0.2) is 0 Å². The van der Waals surface area contributed by atoms with E-state index in [2.05, 4.69) is 5.32 Å². The molecule has 0 amide bonds. The first-order chi connectivity index (χ1) is 7.69. The first-order valence-electron chi connectivity index (χ1n) is 5.02. The third-order valence-electron chi connectivity index (χ3n) is 2.07. The predicted molar refractivity (Wildman–Crippen MR) is 63.0 cm³/mol. The van der Waals surface area contributed by atoms with Crippen molar-refractivity contribution in [3.63, 3.8) is 0 Å². The Balaban J connectivity index is 2.74. The van der Waals surface area contributed by atoms with Crippen molar-refractivity contribution in [3.8, 4) is 0 Å². The summed E-state index contributed by atoms with van der Waals surface area (Å²) in [6, 6.07) is 4.87. The Morgan fingerprint density at radius 3 is 2.88 bits per heavy atom. The molecule has 0 aliphatic carbocycles. The number of benzene rings is 1. The van der Waals surface area contributed by atoms with Crippen LogP contribution in [0.5, 0.6) is 0 Å². The topological polar surface area (TPSA) is 52.5 Å². The van der Waals surface area contributed by atoms with Crippen LogP contribution in [0.3, 0.4) is 0 Å². The fourth-order valence-corrected chi connectivity index (χ4v) is 2.26. The number of nitrogens with one attached hydrogen (secondary N) is 1. The van der Waals surface area contributed by atoms with Crippen LogP contribution in [0.15, 0.2) is 23.1 Å². The quantitative estimate of drug-likeness (QED) is 0.654. The van der Waals surface area contributed by atoms with E-state index < -0.39 is 6.10 Å². The first-order valence-corrected chi connectivity index (χ1v) is 6.01. The van der Waals surface area contributed by atoms with E-state index >= 15 is 0 Å². The zero-order valence-electron chi connectivity index (χ0n) is 9.11. The van der Waals surface area contributed by atoms with Crippen LogP contribution in [0.1, 0.15) is 5.56 Å². The van der Waals surface area contributed by atoms with E-state index in [0.717, 1.165) is 4.90 Å². The van der Waals surface area contributed by atoms with E-state index in [-0.39, 0.29) is 12.4 Å². The van der Waals surface area contributed by atoms with Gasteiger partial charge in [-0.05, 0) is 19.2 Å². The lowest BCUT2D eigenvalue weighted by atomic mass is 10.2. The summed E-state index contributed by atoms with van der Waals surface area (Å²) in [6.07, 6.45) is -0.768. The lowest BCUT2D eigenvalue weighted by molar-refractivity contribution is 0.113. The average Bonchev–Trinajstić information content (AvgIpc) is 2.29. The van der Waals surface area contributed by atoms with Crippen LogP contribution in [0.2, 0.25) is 0 Å². The maximum atomic E-state index is 13.5. The average molecular weight is 245 g/mol. The van der Waals surface area contributed by atoms with Gasteiger partial charge in [0.1, 0.15) is 5.82 Å². The highest BCUT2D eigenvalue weighted by Gasteiger charge is 2.10. The second-order valence-electron chi connectivity index (χ2n) is 3.39. The van der Waals surface area contributed by atoms with Crippen LogP contribution in [-0.4, -0.2) is 35.7 Å². The minimum Gasteiger partial charge on any atom is -0.394 e. The fourth-order valence-electron chi connectivity index (χ4n) is 1.26. The summed E-state index contributed by atoms with van der Waals surface area (Å²) in [5, 5.41) is 20.8. The Morgan fingerprint density at radius 2 is 2.25 bits per heavy atom. The summed E-state index contributed by atoms with van der Waals surface area (Å²) >= 11 is 1.34. The van der Waals surface area contributed by atoms with Gasteiger partial charge in [0.2, 0.25) is 0 Å². The van der Waals surface area contributed by atoms with Gasteiger partial charge in [0.05, 0.1) is 12.7 Å². The molecule has 0 aliphatic heterocycles. The molecule has 0 saturated heterocycles. The summed E-state index contributed by atoms with van der Waals surface area (Å²) in [5.74, 6) is 0.106. The van der Waals surface area contributed by atoms with Gasteiger partial charge in [-0.2, -0.15) is 0 Å². The molecule has 90 valence electrons. The van der Waals surface area contributed by atoms with Crippen LogP contribution < -0.4 is 5.32 Å². The van der Waals surface area contributed by atoms with Gasteiger partial charge in [-0.15, -0.1) is 11.8 Å². The highest BCUT2D eigenvalue weighted by Crippen LogP contribution is 2.25. The largest absolute Gasteiger partial charge is 0.394 e. The molecule has 3 N–H and O–H groups in total. The fraction of sp³-hybridized carbons (Fsp3) is 0.455. The predicted octanol–water partition coefficient (Wildman–Crippen LogP) is 0.990. The minimum atomic E-state index is -0.768. The zero-order chi connectivity index (χ0) is 12.0. The van der Waals surface area contributed by atoms with Crippen molar-refractivity contribution in [2.75, 3.05) is 19.4 Å². The molecule has 0 fully saturated rings. The molecule has 0 radical (unpaired) electrons. The molecule has 1 atom stereocenters. The number of aliphatic hydroxyl groups excluding tert-OH is 2. The summed E-state index contributed by atoms with van der Waals surface area (Å²) in [4.78, 5) is 0.793. The number of hydrogen-bond donors (Lipinski definition) is 3. The third kappa shape index (κ3) is 3.75. The highest BCUT2D eigenvalue weighted by molar-refractivity contribution is 7.99. The summed E-state index contributed by atoms with van der Waals surface area (Å²) < 4.78 is 13.5. The van der Waals surface area contributed by atoms with E-state index in [1.165, 1.54) is 17.8 Å². The molecule has 16 heavy (non-hydrogen) atoms. The zero-order valence-corrected chi connectivity index (χ0v) is 9.93. The molecule has 0 spiro atoms. The second-order valence-corrected chi connectivity index (χ2v) is 4.46. The molecular weight excluding hydrogens is 229 g/mol. The summed E-state index contributed by atoms with van der Waals surface area (Å²) in [7, 11) is 1.75. The SMILES string of the molecule is CNCc1c(F)cccc1SCC(O)CO. The molecular formula is C11H16FNO2S. The van der Waals surface area contributed by atoms with Crippen molar-refractivity contribution < 1.29 is 14.6 Å². The van der Waals surface area contributed by atoms with Gasteiger partial charge in [-0.25, -0.2) is 4.39 Å². The molecule has 0 bridgehead atoms. The molecule has 0 aliphatic rings. The Morgan fingerprint density at radius 1 is 1.50 bits per heavy atom. The molecule has 5 heteroatoms. The molecule has 1 aromatic rings. The van der Waals surface area contributed by atoms with E-state index in [4.69, 9.17) is 5.11 Å². The molecule has 0 aromatic heterocycles. The molecule has 3 nitrogen and oxygen atoms in total. The number of halogens is 1. The van der Waals surface area contributed by atoms with Gasteiger partial charge in [-0.3, -0.25) is 0 Å². The third-order valence-corrected chi connectivity index (χ3v) is 3.32. The molecule has 1 rings (SSSR count). The Hall–Kier alpha value is -0.620. The number of hydrogen-bond acceptors (Lipinski definition) is 4. The second kappa shape index (κ2) is 6.85. The molecule has 0 saturated carbocycles.